The lowest BCUT2D eigenvalue weighted by atomic mass is 10.2. The highest BCUT2D eigenvalue weighted by molar-refractivity contribution is 5.95. The maximum absolute atomic E-state index is 13.0. The van der Waals surface area contributed by atoms with Gasteiger partial charge in [-0.3, -0.25) is 4.79 Å². The summed E-state index contributed by atoms with van der Waals surface area (Å²) in [4.78, 5) is 11.4. The third-order valence-electron chi connectivity index (χ3n) is 2.52. The van der Waals surface area contributed by atoms with Crippen LogP contribution in [0.15, 0.2) is 42.5 Å². The second kappa shape index (κ2) is 5.39. The molecule has 2 aromatic carbocycles. The number of rotatable bonds is 3. The minimum Gasteiger partial charge on any atom is -0.455 e. The number of amides is 1. The molecule has 98 valence electrons. The second-order valence-corrected chi connectivity index (χ2v) is 3.89. The smallest absolute Gasteiger partial charge is 0.251 e. The molecule has 19 heavy (non-hydrogen) atoms. The van der Waals surface area contributed by atoms with Gasteiger partial charge in [0.15, 0.2) is 0 Å². The first-order chi connectivity index (χ1) is 9.10. The molecule has 2 rings (SSSR count). The number of benzene rings is 2. The average molecular weight is 260 g/mol. The fourth-order valence-corrected chi connectivity index (χ4v) is 1.58. The first-order valence-electron chi connectivity index (χ1n) is 5.65. The van der Waals surface area contributed by atoms with Crippen LogP contribution in [-0.2, 0) is 0 Å². The number of nitrogens with one attached hydrogen (secondary N) is 1. The van der Waals surface area contributed by atoms with Crippen molar-refractivity contribution in [2.45, 2.75) is 0 Å². The van der Waals surface area contributed by atoms with Crippen LogP contribution in [-0.4, -0.2) is 13.0 Å². The average Bonchev–Trinajstić information content (AvgIpc) is 2.40. The molecule has 0 atom stereocenters. The van der Waals surface area contributed by atoms with E-state index >= 15 is 0 Å². The zero-order chi connectivity index (χ0) is 13.8. The van der Waals surface area contributed by atoms with Crippen LogP contribution >= 0.6 is 0 Å². The van der Waals surface area contributed by atoms with E-state index in [4.69, 9.17) is 10.5 Å². The van der Waals surface area contributed by atoms with Gasteiger partial charge < -0.3 is 15.8 Å². The van der Waals surface area contributed by atoms with Gasteiger partial charge >= 0.3 is 0 Å². The van der Waals surface area contributed by atoms with Crippen molar-refractivity contribution in [1.82, 2.24) is 5.32 Å². The van der Waals surface area contributed by atoms with Crippen LogP contribution in [0, 0.1) is 5.82 Å². The minimum absolute atomic E-state index is 0.232. The Morgan fingerprint density at radius 3 is 2.68 bits per heavy atom. The minimum atomic E-state index is -0.391. The summed E-state index contributed by atoms with van der Waals surface area (Å²) in [6, 6.07) is 10.4. The van der Waals surface area contributed by atoms with E-state index in [1.54, 1.807) is 24.3 Å². The number of halogens is 1. The van der Waals surface area contributed by atoms with Gasteiger partial charge in [-0.15, -0.1) is 0 Å². The highest BCUT2D eigenvalue weighted by Crippen LogP contribution is 2.28. The second-order valence-electron chi connectivity index (χ2n) is 3.89. The molecule has 0 aliphatic carbocycles. The van der Waals surface area contributed by atoms with Crippen LogP contribution < -0.4 is 15.8 Å². The van der Waals surface area contributed by atoms with Gasteiger partial charge in [0, 0.05) is 18.7 Å². The predicted molar refractivity (Wildman–Crippen MR) is 70.7 cm³/mol. The number of nitrogens with two attached hydrogens (primary N) is 1. The summed E-state index contributed by atoms with van der Waals surface area (Å²) in [5, 5.41) is 2.50. The standard InChI is InChI=1S/C14H13FN2O2/c1-17-14(18)9-5-6-13(12(16)7-9)19-11-4-2-3-10(15)8-11/h2-8H,16H2,1H3,(H,17,18). The van der Waals surface area contributed by atoms with Crippen LogP contribution in [0.1, 0.15) is 10.4 Å². The SMILES string of the molecule is CNC(=O)c1ccc(Oc2cccc(F)c2)c(N)c1. The fourth-order valence-electron chi connectivity index (χ4n) is 1.58. The van der Waals surface area contributed by atoms with Crippen molar-refractivity contribution in [3.63, 3.8) is 0 Å². The number of carbonyl (C=O) groups excluding carboxylic acids is 1. The van der Waals surface area contributed by atoms with Crippen molar-refractivity contribution in [2.75, 3.05) is 12.8 Å². The molecule has 0 bridgehead atoms. The van der Waals surface area contributed by atoms with Crippen molar-refractivity contribution in [2.24, 2.45) is 0 Å². The lowest BCUT2D eigenvalue weighted by molar-refractivity contribution is 0.0963. The topological polar surface area (TPSA) is 64.3 Å². The Kier molecular flexibility index (Phi) is 3.66. The molecule has 0 heterocycles. The van der Waals surface area contributed by atoms with Gasteiger partial charge in [-0.2, -0.15) is 0 Å². The van der Waals surface area contributed by atoms with E-state index in [1.165, 1.54) is 25.2 Å². The zero-order valence-corrected chi connectivity index (χ0v) is 10.3. The van der Waals surface area contributed by atoms with E-state index in [2.05, 4.69) is 5.32 Å². The number of anilines is 1. The summed E-state index contributed by atoms with van der Waals surface area (Å²) in [6.07, 6.45) is 0. The van der Waals surface area contributed by atoms with E-state index in [0.717, 1.165) is 0 Å². The Labute approximate surface area is 110 Å². The summed E-state index contributed by atoms with van der Waals surface area (Å²) in [7, 11) is 1.54. The highest BCUT2D eigenvalue weighted by atomic mass is 19.1. The van der Waals surface area contributed by atoms with E-state index in [1.807, 2.05) is 0 Å². The van der Waals surface area contributed by atoms with Crippen molar-refractivity contribution < 1.29 is 13.9 Å². The Bertz CT molecular complexity index is 614. The van der Waals surface area contributed by atoms with Gasteiger partial charge in [-0.05, 0) is 30.3 Å². The number of nitrogen functional groups attached to an aromatic ring is 1. The summed E-state index contributed by atoms with van der Waals surface area (Å²) in [6.45, 7) is 0. The van der Waals surface area contributed by atoms with Gasteiger partial charge in [0.25, 0.3) is 5.91 Å². The summed E-state index contributed by atoms with van der Waals surface area (Å²) in [5.74, 6) is 0.0969. The largest absolute Gasteiger partial charge is 0.455 e. The predicted octanol–water partition coefficient (Wildman–Crippen LogP) is 2.56. The molecule has 0 fully saturated rings. The van der Waals surface area contributed by atoms with Crippen molar-refractivity contribution in [3.8, 4) is 11.5 Å². The molecule has 0 radical (unpaired) electrons. The van der Waals surface area contributed by atoms with Gasteiger partial charge in [0.2, 0.25) is 0 Å². The molecular weight excluding hydrogens is 247 g/mol. The molecule has 0 unspecified atom stereocenters. The highest BCUT2D eigenvalue weighted by Gasteiger charge is 2.08. The van der Waals surface area contributed by atoms with Crippen molar-refractivity contribution in [1.29, 1.82) is 0 Å². The Morgan fingerprint density at radius 1 is 1.26 bits per heavy atom. The Hall–Kier alpha value is -2.56. The molecule has 0 aliphatic heterocycles. The van der Waals surface area contributed by atoms with Gasteiger partial charge in [-0.25, -0.2) is 4.39 Å². The maximum atomic E-state index is 13.0. The van der Waals surface area contributed by atoms with Crippen LogP contribution in [0.2, 0.25) is 0 Å². The Balaban J connectivity index is 2.24. The fraction of sp³-hybridized carbons (Fsp3) is 0.0714. The quantitative estimate of drug-likeness (QED) is 0.833. The zero-order valence-electron chi connectivity index (χ0n) is 10.3. The van der Waals surface area contributed by atoms with Gasteiger partial charge in [0.1, 0.15) is 17.3 Å². The number of carbonyl (C=O) groups is 1. The van der Waals surface area contributed by atoms with E-state index in [-0.39, 0.29) is 5.91 Å². The summed E-state index contributed by atoms with van der Waals surface area (Å²) in [5.41, 5.74) is 6.55. The molecule has 5 heteroatoms. The molecule has 0 saturated heterocycles. The third kappa shape index (κ3) is 3.01. The Morgan fingerprint density at radius 2 is 2.05 bits per heavy atom. The first kappa shape index (κ1) is 12.9. The lowest BCUT2D eigenvalue weighted by Crippen LogP contribution is -2.17. The van der Waals surface area contributed by atoms with E-state index in [9.17, 15) is 9.18 Å². The van der Waals surface area contributed by atoms with Crippen molar-refractivity contribution >= 4 is 11.6 Å². The summed E-state index contributed by atoms with van der Waals surface area (Å²) >= 11 is 0. The molecule has 0 saturated carbocycles. The number of hydrogen-bond donors (Lipinski definition) is 2. The van der Waals surface area contributed by atoms with Crippen LogP contribution in [0.4, 0.5) is 10.1 Å². The molecule has 4 nitrogen and oxygen atoms in total. The molecule has 2 aromatic rings. The number of hydrogen-bond acceptors (Lipinski definition) is 3. The van der Waals surface area contributed by atoms with Gasteiger partial charge in [0.05, 0.1) is 5.69 Å². The molecule has 3 N–H and O–H groups in total. The maximum Gasteiger partial charge on any atom is 0.251 e. The van der Waals surface area contributed by atoms with Crippen LogP contribution in [0.5, 0.6) is 11.5 Å². The molecule has 1 amide bonds. The molecule has 0 aromatic heterocycles. The van der Waals surface area contributed by atoms with Crippen LogP contribution in [0.3, 0.4) is 0 Å². The van der Waals surface area contributed by atoms with E-state index in [0.29, 0.717) is 22.7 Å². The van der Waals surface area contributed by atoms with Crippen molar-refractivity contribution in [3.05, 3.63) is 53.8 Å². The number of ether oxygens (including phenoxy) is 1. The normalized spacial score (nSPS) is 10.0. The monoisotopic (exact) mass is 260 g/mol. The summed E-state index contributed by atoms with van der Waals surface area (Å²) < 4.78 is 18.5. The van der Waals surface area contributed by atoms with E-state index < -0.39 is 5.82 Å². The van der Waals surface area contributed by atoms with Crippen LogP contribution in [0.25, 0.3) is 0 Å². The lowest BCUT2D eigenvalue weighted by Gasteiger charge is -2.09. The molecule has 0 spiro atoms. The molecular formula is C14H13FN2O2. The first-order valence-corrected chi connectivity index (χ1v) is 5.65. The molecule has 0 aliphatic rings. The third-order valence-corrected chi connectivity index (χ3v) is 2.52. The van der Waals surface area contributed by atoms with Gasteiger partial charge in [-0.1, -0.05) is 6.07 Å².